The number of aryl methyl sites for hydroxylation is 1. The van der Waals surface area contributed by atoms with E-state index in [2.05, 4.69) is 32.6 Å². The molecule has 40 heavy (non-hydrogen) atoms. The summed E-state index contributed by atoms with van der Waals surface area (Å²) in [7, 11) is 5.66. The Kier molecular flexibility index (Phi) is 8.65. The zero-order valence-corrected chi connectivity index (χ0v) is 22.5. The van der Waals surface area contributed by atoms with Crippen LogP contribution >= 0.6 is 0 Å². The molecule has 4 rings (SSSR count). The van der Waals surface area contributed by atoms with Gasteiger partial charge < -0.3 is 30.6 Å². The van der Waals surface area contributed by atoms with Crippen molar-refractivity contribution in [3.8, 4) is 5.75 Å². The smallest absolute Gasteiger partial charge is 0.387 e. The molecule has 11 nitrogen and oxygen atoms in total. The van der Waals surface area contributed by atoms with Gasteiger partial charge in [-0.05, 0) is 38.2 Å². The first-order valence-corrected chi connectivity index (χ1v) is 12.5. The number of amidine groups is 1. The number of nitrogens with one attached hydrogen (secondary N) is 4. The van der Waals surface area contributed by atoms with Crippen LogP contribution in [0.2, 0.25) is 0 Å². The van der Waals surface area contributed by atoms with Crippen LogP contribution in [0.25, 0.3) is 16.6 Å². The second-order valence-electron chi connectivity index (χ2n) is 9.54. The lowest BCUT2D eigenvalue weighted by Gasteiger charge is -2.30. The summed E-state index contributed by atoms with van der Waals surface area (Å²) in [6, 6.07) is 8.55. The number of likely N-dealkylation sites (tertiary alicyclic amines) is 1. The molecule has 13 heteroatoms. The molecule has 1 unspecified atom stereocenters. The van der Waals surface area contributed by atoms with Crippen LogP contribution in [0.15, 0.2) is 55.3 Å². The number of hydrogen-bond donors (Lipinski definition) is 5. The summed E-state index contributed by atoms with van der Waals surface area (Å²) in [6.07, 6.45) is 5.13. The van der Waals surface area contributed by atoms with Gasteiger partial charge in [0, 0.05) is 49.8 Å². The number of hydrazine groups is 1. The zero-order chi connectivity index (χ0) is 29.0. The van der Waals surface area contributed by atoms with Gasteiger partial charge >= 0.3 is 6.61 Å². The summed E-state index contributed by atoms with van der Waals surface area (Å²) in [5.41, 5.74) is 5.43. The van der Waals surface area contributed by atoms with E-state index in [1.807, 2.05) is 44.2 Å². The number of rotatable bonds is 10. The number of carbonyl (C=O) groups excluding carboxylic acids is 1. The van der Waals surface area contributed by atoms with Crippen molar-refractivity contribution < 1.29 is 18.3 Å². The average molecular weight is 554 g/mol. The monoisotopic (exact) mass is 553 g/mol. The molecule has 0 aliphatic carbocycles. The first-order valence-electron chi connectivity index (χ1n) is 12.5. The Hall–Kier alpha value is -4.49. The Bertz CT molecular complexity index is 1450. The summed E-state index contributed by atoms with van der Waals surface area (Å²) >= 11 is 0. The molecule has 2 aromatic carbocycles. The molecule has 1 amide bonds. The Morgan fingerprint density at radius 2 is 2.05 bits per heavy atom. The van der Waals surface area contributed by atoms with Crippen molar-refractivity contribution in [2.75, 3.05) is 42.7 Å². The van der Waals surface area contributed by atoms with Gasteiger partial charge in [-0.3, -0.25) is 20.7 Å². The maximum Gasteiger partial charge on any atom is 0.387 e. The number of alkyl halides is 2. The molecule has 1 aliphatic heterocycles. The number of aromatic nitrogens is 2. The molecule has 1 fully saturated rings. The number of nitrogens with zero attached hydrogens (tertiary/aromatic N) is 4. The van der Waals surface area contributed by atoms with Gasteiger partial charge in [-0.15, -0.1) is 0 Å². The van der Waals surface area contributed by atoms with Gasteiger partial charge in [0.05, 0.1) is 34.5 Å². The van der Waals surface area contributed by atoms with Crippen molar-refractivity contribution in [1.82, 2.24) is 20.1 Å². The van der Waals surface area contributed by atoms with E-state index in [1.165, 1.54) is 18.2 Å². The van der Waals surface area contributed by atoms with E-state index in [0.717, 1.165) is 36.5 Å². The van der Waals surface area contributed by atoms with E-state index < -0.39 is 12.5 Å². The number of amides is 1. The number of anilines is 3. The fourth-order valence-corrected chi connectivity index (χ4v) is 4.71. The van der Waals surface area contributed by atoms with Gasteiger partial charge in [-0.2, -0.15) is 13.9 Å². The van der Waals surface area contributed by atoms with Crippen LogP contribution < -0.4 is 31.5 Å². The standard InChI is InChI=1S/C27H33F2N9O2/c1-5-26(39)34-20-11-21(24(40-27(28)29)13-23(20)37(3)18-8-9-36(2)15-18)33-25(30)12-19(35-31)16-6-7-17-14-32-38(4)22(17)10-16/h5-7,10-14,18,27,35H,1,8-9,15,31H2,2-4H3,(H2,30,33)(H,34,39)/b19-12-. The lowest BCUT2D eigenvalue weighted by atomic mass is 10.1. The summed E-state index contributed by atoms with van der Waals surface area (Å²) < 4.78 is 33.5. The van der Waals surface area contributed by atoms with Gasteiger partial charge in [0.2, 0.25) is 5.91 Å². The fourth-order valence-electron chi connectivity index (χ4n) is 4.71. The number of benzene rings is 2. The Morgan fingerprint density at radius 3 is 2.70 bits per heavy atom. The average Bonchev–Trinajstić information content (AvgIpc) is 3.52. The van der Waals surface area contributed by atoms with Crippen LogP contribution in [-0.2, 0) is 11.8 Å². The van der Waals surface area contributed by atoms with E-state index in [9.17, 15) is 13.6 Å². The topological polar surface area (TPSA) is 137 Å². The molecule has 2 heterocycles. The molecular weight excluding hydrogens is 520 g/mol. The van der Waals surface area contributed by atoms with E-state index in [1.54, 1.807) is 10.9 Å². The van der Waals surface area contributed by atoms with Crippen LogP contribution in [0.3, 0.4) is 0 Å². The quantitative estimate of drug-likeness (QED) is 0.0848. The molecular formula is C27H33F2N9O2. The molecule has 6 N–H and O–H groups in total. The highest BCUT2D eigenvalue weighted by Crippen LogP contribution is 2.39. The molecule has 1 aliphatic rings. The van der Waals surface area contributed by atoms with Crippen LogP contribution in [0, 0.1) is 5.41 Å². The predicted octanol–water partition coefficient (Wildman–Crippen LogP) is 3.33. The largest absolute Gasteiger partial charge is 0.433 e. The molecule has 0 bridgehead atoms. The van der Waals surface area contributed by atoms with Crippen molar-refractivity contribution >= 4 is 45.4 Å². The molecule has 212 valence electrons. The summed E-state index contributed by atoms with van der Waals surface area (Å²) in [5, 5.41) is 19.3. The van der Waals surface area contributed by atoms with Crippen molar-refractivity contribution in [1.29, 1.82) is 5.41 Å². The van der Waals surface area contributed by atoms with Gasteiger partial charge in [-0.25, -0.2) is 0 Å². The minimum Gasteiger partial charge on any atom is -0.433 e. The van der Waals surface area contributed by atoms with E-state index >= 15 is 0 Å². The lowest BCUT2D eigenvalue weighted by molar-refractivity contribution is -0.111. The Morgan fingerprint density at radius 1 is 1.27 bits per heavy atom. The molecule has 1 aromatic heterocycles. The van der Waals surface area contributed by atoms with Crippen LogP contribution in [0.4, 0.5) is 25.8 Å². The molecule has 0 spiro atoms. The third-order valence-electron chi connectivity index (χ3n) is 6.83. The number of carbonyl (C=O) groups is 1. The maximum absolute atomic E-state index is 13.5. The highest BCUT2D eigenvalue weighted by Gasteiger charge is 2.27. The maximum atomic E-state index is 13.5. The predicted molar refractivity (Wildman–Crippen MR) is 154 cm³/mol. The van der Waals surface area contributed by atoms with Crippen LogP contribution in [-0.4, -0.2) is 66.3 Å². The zero-order valence-electron chi connectivity index (χ0n) is 22.5. The second-order valence-corrected chi connectivity index (χ2v) is 9.54. The van der Waals surface area contributed by atoms with Crippen molar-refractivity contribution in [2.24, 2.45) is 12.9 Å². The first-order chi connectivity index (χ1) is 19.1. The molecule has 1 atom stereocenters. The fraction of sp³-hybridized carbons (Fsp3) is 0.296. The highest BCUT2D eigenvalue weighted by molar-refractivity contribution is 6.08. The number of ether oxygens (including phenoxy) is 1. The summed E-state index contributed by atoms with van der Waals surface area (Å²) in [4.78, 5) is 16.4. The highest BCUT2D eigenvalue weighted by atomic mass is 19.3. The number of hydrogen-bond acceptors (Lipinski definition) is 8. The summed E-state index contributed by atoms with van der Waals surface area (Å²) in [5.74, 6) is 4.94. The SMILES string of the molecule is C=CC(=O)Nc1cc(NC(=N)/C=C(\NN)c2ccc3cnn(C)c3c2)c(OC(F)F)cc1N(C)C1CCN(C)C1. The van der Waals surface area contributed by atoms with Crippen molar-refractivity contribution in [3.05, 3.63) is 60.8 Å². The third kappa shape index (κ3) is 6.38. The number of nitrogens with two attached hydrogens (primary N) is 1. The normalized spacial score (nSPS) is 15.8. The van der Waals surface area contributed by atoms with Crippen LogP contribution in [0.5, 0.6) is 5.75 Å². The minimum atomic E-state index is -3.11. The lowest BCUT2D eigenvalue weighted by Crippen LogP contribution is -2.34. The Labute approximate surface area is 230 Å². The van der Waals surface area contributed by atoms with E-state index in [4.69, 9.17) is 16.0 Å². The van der Waals surface area contributed by atoms with Gasteiger partial charge in [0.15, 0.2) is 5.75 Å². The van der Waals surface area contributed by atoms with Gasteiger partial charge in [0.25, 0.3) is 0 Å². The Balaban J connectivity index is 1.70. The third-order valence-corrected chi connectivity index (χ3v) is 6.83. The molecule has 1 saturated heterocycles. The summed E-state index contributed by atoms with van der Waals surface area (Å²) in [6.45, 7) is 2.05. The van der Waals surface area contributed by atoms with E-state index in [0.29, 0.717) is 22.6 Å². The first kappa shape index (κ1) is 28.5. The van der Waals surface area contributed by atoms with Gasteiger partial charge in [0.1, 0.15) is 5.84 Å². The number of halogens is 2. The molecule has 0 saturated carbocycles. The number of fused-ring (bicyclic) bond motifs is 1. The van der Waals surface area contributed by atoms with Crippen LogP contribution in [0.1, 0.15) is 12.0 Å². The van der Waals surface area contributed by atoms with Crippen molar-refractivity contribution in [3.63, 3.8) is 0 Å². The molecule has 0 radical (unpaired) electrons. The van der Waals surface area contributed by atoms with Crippen molar-refractivity contribution in [2.45, 2.75) is 19.1 Å². The molecule has 3 aromatic rings. The second kappa shape index (κ2) is 12.1. The minimum absolute atomic E-state index is 0.0556. The van der Waals surface area contributed by atoms with E-state index in [-0.39, 0.29) is 23.3 Å². The van der Waals surface area contributed by atoms with Gasteiger partial charge in [-0.1, -0.05) is 18.7 Å². The number of likely N-dealkylation sites (N-methyl/N-ethyl adjacent to an activating group) is 2.